The standard InChI is InChI=1S/C13H15F3N2O4/c1-18(2)11(19)7-10(17-12(20)21)8-3-5-9(6-4-8)22-13(14,15)16/h3-6,10,17H,7H2,1-2H3,(H,20,21). The van der Waals surface area contributed by atoms with Crippen molar-refractivity contribution in [2.75, 3.05) is 14.1 Å². The minimum absolute atomic E-state index is 0.154. The third-order valence-electron chi connectivity index (χ3n) is 2.69. The molecule has 2 N–H and O–H groups in total. The normalized spacial score (nSPS) is 12.4. The van der Waals surface area contributed by atoms with E-state index >= 15 is 0 Å². The van der Waals surface area contributed by atoms with Gasteiger partial charge in [-0.1, -0.05) is 12.1 Å². The van der Waals surface area contributed by atoms with Crippen molar-refractivity contribution in [2.24, 2.45) is 0 Å². The van der Waals surface area contributed by atoms with E-state index in [1.165, 1.54) is 31.1 Å². The summed E-state index contributed by atoms with van der Waals surface area (Å²) < 4.78 is 39.9. The van der Waals surface area contributed by atoms with Crippen LogP contribution in [0.5, 0.6) is 5.75 Å². The first-order valence-corrected chi connectivity index (χ1v) is 6.14. The molecule has 1 aromatic rings. The molecular weight excluding hydrogens is 305 g/mol. The highest BCUT2D eigenvalue weighted by molar-refractivity contribution is 5.77. The largest absolute Gasteiger partial charge is 0.573 e. The second kappa shape index (κ2) is 7.01. The predicted octanol–water partition coefficient (Wildman–Crippen LogP) is 2.37. The van der Waals surface area contributed by atoms with E-state index in [4.69, 9.17) is 5.11 Å². The lowest BCUT2D eigenvalue weighted by molar-refractivity contribution is -0.274. The van der Waals surface area contributed by atoms with Gasteiger partial charge < -0.3 is 20.1 Å². The van der Waals surface area contributed by atoms with E-state index in [1.54, 1.807) is 0 Å². The van der Waals surface area contributed by atoms with Gasteiger partial charge in [-0.3, -0.25) is 4.79 Å². The van der Waals surface area contributed by atoms with E-state index in [9.17, 15) is 22.8 Å². The van der Waals surface area contributed by atoms with Crippen LogP contribution in [0.3, 0.4) is 0 Å². The number of ether oxygens (including phenoxy) is 1. The van der Waals surface area contributed by atoms with E-state index < -0.39 is 24.2 Å². The molecule has 0 heterocycles. The molecule has 0 saturated carbocycles. The Morgan fingerprint density at radius 1 is 1.27 bits per heavy atom. The van der Waals surface area contributed by atoms with Crippen molar-refractivity contribution >= 4 is 12.0 Å². The van der Waals surface area contributed by atoms with Crippen LogP contribution in [0.4, 0.5) is 18.0 Å². The van der Waals surface area contributed by atoms with Crippen molar-refractivity contribution in [3.8, 4) is 5.75 Å². The number of amides is 2. The fraction of sp³-hybridized carbons (Fsp3) is 0.385. The van der Waals surface area contributed by atoms with Gasteiger partial charge in [0.05, 0.1) is 12.5 Å². The molecule has 1 unspecified atom stereocenters. The van der Waals surface area contributed by atoms with Crippen LogP contribution in [0.15, 0.2) is 24.3 Å². The lowest BCUT2D eigenvalue weighted by atomic mass is 10.0. The zero-order valence-electron chi connectivity index (χ0n) is 11.8. The third kappa shape index (κ3) is 5.90. The van der Waals surface area contributed by atoms with Gasteiger partial charge in [0.15, 0.2) is 0 Å². The summed E-state index contributed by atoms with van der Waals surface area (Å²) in [6, 6.07) is 3.78. The van der Waals surface area contributed by atoms with Crippen LogP contribution >= 0.6 is 0 Å². The quantitative estimate of drug-likeness (QED) is 0.873. The first-order chi connectivity index (χ1) is 10.1. The Labute approximate surface area is 124 Å². The third-order valence-corrected chi connectivity index (χ3v) is 2.69. The molecule has 0 aliphatic carbocycles. The highest BCUT2D eigenvalue weighted by Gasteiger charge is 2.31. The van der Waals surface area contributed by atoms with E-state index in [2.05, 4.69) is 10.1 Å². The smallest absolute Gasteiger partial charge is 0.465 e. The number of nitrogens with zero attached hydrogens (tertiary/aromatic N) is 1. The molecular formula is C13H15F3N2O4. The summed E-state index contributed by atoms with van der Waals surface area (Å²) >= 11 is 0. The summed E-state index contributed by atoms with van der Waals surface area (Å²) in [6.07, 6.45) is -6.30. The summed E-state index contributed by atoms with van der Waals surface area (Å²) in [4.78, 5) is 23.8. The molecule has 0 saturated heterocycles. The number of alkyl halides is 3. The maximum atomic E-state index is 12.1. The van der Waals surface area contributed by atoms with Crippen LogP contribution in [-0.2, 0) is 4.79 Å². The SMILES string of the molecule is CN(C)C(=O)CC(NC(=O)O)c1ccc(OC(F)(F)F)cc1. The molecule has 0 spiro atoms. The average Bonchev–Trinajstić information content (AvgIpc) is 2.36. The Morgan fingerprint density at radius 2 is 1.82 bits per heavy atom. The lowest BCUT2D eigenvalue weighted by Gasteiger charge is -2.19. The van der Waals surface area contributed by atoms with Gasteiger partial charge in [0, 0.05) is 14.1 Å². The number of benzene rings is 1. The molecule has 1 atom stereocenters. The molecule has 122 valence electrons. The van der Waals surface area contributed by atoms with Crippen molar-refractivity contribution in [3.63, 3.8) is 0 Å². The maximum Gasteiger partial charge on any atom is 0.573 e. The van der Waals surface area contributed by atoms with Crippen LogP contribution in [0.2, 0.25) is 0 Å². The summed E-state index contributed by atoms with van der Waals surface area (Å²) in [6.45, 7) is 0. The Morgan fingerprint density at radius 3 is 2.23 bits per heavy atom. The van der Waals surface area contributed by atoms with E-state index in [-0.39, 0.29) is 12.3 Å². The first kappa shape index (κ1) is 17.6. The number of carbonyl (C=O) groups is 2. The number of carbonyl (C=O) groups excluding carboxylic acids is 1. The molecule has 0 fully saturated rings. The minimum atomic E-state index is -4.80. The molecule has 1 aromatic carbocycles. The molecule has 6 nitrogen and oxygen atoms in total. The van der Waals surface area contributed by atoms with Crippen molar-refractivity contribution in [1.82, 2.24) is 10.2 Å². The van der Waals surface area contributed by atoms with Crippen LogP contribution in [0.1, 0.15) is 18.0 Å². The first-order valence-electron chi connectivity index (χ1n) is 6.14. The number of hydrogen-bond acceptors (Lipinski definition) is 3. The predicted molar refractivity (Wildman–Crippen MR) is 70.3 cm³/mol. The van der Waals surface area contributed by atoms with E-state index in [1.807, 2.05) is 0 Å². The molecule has 0 aromatic heterocycles. The molecule has 0 aliphatic heterocycles. The summed E-state index contributed by atoms with van der Waals surface area (Å²) in [5.41, 5.74) is 0.354. The second-order valence-electron chi connectivity index (χ2n) is 4.61. The molecule has 0 aliphatic rings. The van der Waals surface area contributed by atoms with Gasteiger partial charge in [-0.05, 0) is 17.7 Å². The number of carboxylic acid groups (broad SMARTS) is 1. The average molecular weight is 320 g/mol. The molecule has 2 amide bonds. The summed E-state index contributed by atoms with van der Waals surface area (Å²) in [5.74, 6) is -0.751. The Hall–Kier alpha value is -2.45. The van der Waals surface area contributed by atoms with Crippen LogP contribution < -0.4 is 10.1 Å². The van der Waals surface area contributed by atoms with Gasteiger partial charge in [-0.15, -0.1) is 13.2 Å². The van der Waals surface area contributed by atoms with Crippen molar-refractivity contribution in [1.29, 1.82) is 0 Å². The van der Waals surface area contributed by atoms with Gasteiger partial charge in [-0.2, -0.15) is 0 Å². The van der Waals surface area contributed by atoms with Crippen molar-refractivity contribution < 1.29 is 32.6 Å². The fourth-order valence-corrected chi connectivity index (χ4v) is 1.66. The Kier molecular flexibility index (Phi) is 5.61. The molecule has 0 bridgehead atoms. The topological polar surface area (TPSA) is 78.9 Å². The maximum absolute atomic E-state index is 12.1. The zero-order valence-corrected chi connectivity index (χ0v) is 11.8. The van der Waals surface area contributed by atoms with Crippen molar-refractivity contribution in [3.05, 3.63) is 29.8 Å². The van der Waals surface area contributed by atoms with Gasteiger partial charge >= 0.3 is 12.5 Å². The van der Waals surface area contributed by atoms with Gasteiger partial charge in [0.25, 0.3) is 0 Å². The lowest BCUT2D eigenvalue weighted by Crippen LogP contribution is -2.32. The fourth-order valence-electron chi connectivity index (χ4n) is 1.66. The number of halogens is 3. The minimum Gasteiger partial charge on any atom is -0.465 e. The van der Waals surface area contributed by atoms with Gasteiger partial charge in [-0.25, -0.2) is 4.79 Å². The number of nitrogens with one attached hydrogen (secondary N) is 1. The van der Waals surface area contributed by atoms with Crippen LogP contribution in [0.25, 0.3) is 0 Å². The number of hydrogen-bond donors (Lipinski definition) is 2. The van der Waals surface area contributed by atoms with Gasteiger partial charge in [0.1, 0.15) is 5.75 Å². The number of rotatable bonds is 5. The highest BCUT2D eigenvalue weighted by Crippen LogP contribution is 2.25. The Balaban J connectivity index is 2.90. The monoisotopic (exact) mass is 320 g/mol. The van der Waals surface area contributed by atoms with Crippen molar-refractivity contribution in [2.45, 2.75) is 18.8 Å². The zero-order chi connectivity index (χ0) is 16.9. The van der Waals surface area contributed by atoms with Gasteiger partial charge in [0.2, 0.25) is 5.91 Å². The van der Waals surface area contributed by atoms with E-state index in [0.29, 0.717) is 5.56 Å². The Bertz CT molecular complexity index is 529. The summed E-state index contributed by atoms with van der Waals surface area (Å²) in [5, 5.41) is 11.0. The molecule has 9 heteroatoms. The van der Waals surface area contributed by atoms with E-state index in [0.717, 1.165) is 12.1 Å². The molecule has 1 rings (SSSR count). The highest BCUT2D eigenvalue weighted by atomic mass is 19.4. The molecule has 22 heavy (non-hydrogen) atoms. The summed E-state index contributed by atoms with van der Waals surface area (Å²) in [7, 11) is 3.03. The molecule has 0 radical (unpaired) electrons. The second-order valence-corrected chi connectivity index (χ2v) is 4.61. The van der Waals surface area contributed by atoms with Crippen LogP contribution in [0, 0.1) is 0 Å². The van der Waals surface area contributed by atoms with Crippen LogP contribution in [-0.4, -0.2) is 42.5 Å².